The van der Waals surface area contributed by atoms with Crippen LogP contribution in [0.3, 0.4) is 0 Å². The fraction of sp³-hybridized carbons (Fsp3) is 0.364. The van der Waals surface area contributed by atoms with Gasteiger partial charge in [0.25, 0.3) is 0 Å². The quantitative estimate of drug-likeness (QED) is 0.503. The number of nitrogens with one attached hydrogen (secondary N) is 1. The molecule has 142 valence electrons. The summed E-state index contributed by atoms with van der Waals surface area (Å²) in [6.45, 7) is 8.25. The Hall–Kier alpha value is -1.89. The van der Waals surface area contributed by atoms with E-state index >= 15 is 0 Å². The summed E-state index contributed by atoms with van der Waals surface area (Å²) in [5.41, 5.74) is 2.86. The van der Waals surface area contributed by atoms with Crippen molar-refractivity contribution in [1.82, 2.24) is 5.32 Å². The lowest BCUT2D eigenvalue weighted by molar-refractivity contribution is -0.693. The second kappa shape index (κ2) is 7.26. The summed E-state index contributed by atoms with van der Waals surface area (Å²) in [7, 11) is 0. The van der Waals surface area contributed by atoms with Crippen LogP contribution in [0, 0.1) is 0 Å². The second-order valence-corrected chi connectivity index (χ2v) is 7.66. The maximum Gasteiger partial charge on any atom is 0.223 e. The number of pyridine rings is 1. The van der Waals surface area contributed by atoms with Gasteiger partial charge in [0.1, 0.15) is 12.2 Å². The van der Waals surface area contributed by atoms with Crippen LogP contribution < -0.4 is 38.8 Å². The molecule has 1 fully saturated rings. The summed E-state index contributed by atoms with van der Waals surface area (Å²) >= 11 is 0. The number of halogens is 1. The van der Waals surface area contributed by atoms with Crippen molar-refractivity contribution in [1.29, 1.82) is 0 Å². The molecule has 1 aromatic carbocycles. The molecule has 1 aromatic heterocycles. The van der Waals surface area contributed by atoms with Crippen LogP contribution in [0.15, 0.2) is 54.9 Å². The highest BCUT2D eigenvalue weighted by atomic mass is 127. The number of amides is 1. The molecule has 2 aliphatic heterocycles. The zero-order valence-electron chi connectivity index (χ0n) is 16.1. The average Bonchev–Trinajstić information content (AvgIpc) is 2.85. The molecular formula is C22H26IN3O. The number of fused-ring (bicyclic) bond motifs is 3. The zero-order chi connectivity index (χ0) is 18.4. The molecule has 1 N–H and O–H groups in total. The number of para-hydroxylation sites is 1. The van der Waals surface area contributed by atoms with Gasteiger partial charge in [-0.2, -0.15) is 0 Å². The topological polar surface area (TPSA) is 36.2 Å². The number of benzene rings is 1. The van der Waals surface area contributed by atoms with Crippen molar-refractivity contribution in [3.8, 4) is 0 Å². The predicted molar refractivity (Wildman–Crippen MR) is 104 cm³/mol. The molecule has 5 heteroatoms. The molecule has 3 heterocycles. The molecule has 1 amide bonds. The van der Waals surface area contributed by atoms with Crippen LogP contribution in [0.5, 0.6) is 0 Å². The molecule has 0 radical (unpaired) electrons. The first-order valence-electron chi connectivity index (χ1n) is 9.34. The van der Waals surface area contributed by atoms with Crippen molar-refractivity contribution < 1.29 is 33.3 Å². The summed E-state index contributed by atoms with van der Waals surface area (Å²) in [5.74, 6) is 0.114. The number of hydrogen-bond acceptors (Lipinski definition) is 2. The molecule has 4 rings (SSSR count). The summed E-state index contributed by atoms with van der Waals surface area (Å²) in [6, 6.07) is 12.7. The number of aromatic nitrogens is 1. The SMILES string of the molecule is CC[n+]1cccc(C=CC23NC(=O)CCN2c2ccccc2C3(C)C)c1.[I-]. The van der Waals surface area contributed by atoms with Crippen LogP contribution in [-0.2, 0) is 16.8 Å². The van der Waals surface area contributed by atoms with Crippen molar-refractivity contribution in [3.63, 3.8) is 0 Å². The van der Waals surface area contributed by atoms with E-state index in [1.54, 1.807) is 0 Å². The van der Waals surface area contributed by atoms with E-state index in [2.05, 4.69) is 96.5 Å². The Bertz CT molecular complexity index is 893. The fourth-order valence-corrected chi connectivity index (χ4v) is 4.37. The normalized spacial score (nSPS) is 22.8. The van der Waals surface area contributed by atoms with Crippen LogP contribution in [-0.4, -0.2) is 18.1 Å². The Balaban J connectivity index is 0.00000210. The maximum absolute atomic E-state index is 12.4. The first-order chi connectivity index (χ1) is 12.5. The molecule has 0 saturated carbocycles. The van der Waals surface area contributed by atoms with Gasteiger partial charge in [0.05, 0.1) is 0 Å². The zero-order valence-corrected chi connectivity index (χ0v) is 18.2. The van der Waals surface area contributed by atoms with E-state index in [9.17, 15) is 4.79 Å². The van der Waals surface area contributed by atoms with Gasteiger partial charge in [-0.25, -0.2) is 4.57 Å². The Morgan fingerprint density at radius 3 is 2.78 bits per heavy atom. The van der Waals surface area contributed by atoms with Gasteiger partial charge in [0.2, 0.25) is 5.91 Å². The summed E-state index contributed by atoms with van der Waals surface area (Å²) in [5, 5.41) is 3.32. The van der Waals surface area contributed by atoms with Crippen molar-refractivity contribution in [2.24, 2.45) is 0 Å². The molecule has 4 nitrogen and oxygen atoms in total. The molecule has 1 atom stereocenters. The van der Waals surface area contributed by atoms with E-state index in [-0.39, 0.29) is 35.3 Å². The van der Waals surface area contributed by atoms with Gasteiger partial charge in [-0.05, 0) is 36.8 Å². The lowest BCUT2D eigenvalue weighted by atomic mass is 9.74. The third kappa shape index (κ3) is 3.06. The van der Waals surface area contributed by atoms with Crippen LogP contribution >= 0.6 is 0 Å². The van der Waals surface area contributed by atoms with Crippen molar-refractivity contribution in [2.45, 2.75) is 44.8 Å². The first-order valence-corrected chi connectivity index (χ1v) is 9.34. The lowest BCUT2D eigenvalue weighted by Crippen LogP contribution is -3.00. The van der Waals surface area contributed by atoms with E-state index in [1.807, 2.05) is 0 Å². The molecule has 2 aromatic rings. The minimum Gasteiger partial charge on any atom is -1.00 e. The molecule has 2 aliphatic rings. The highest BCUT2D eigenvalue weighted by Gasteiger charge is 2.57. The Labute approximate surface area is 178 Å². The van der Waals surface area contributed by atoms with E-state index in [0.717, 1.165) is 18.7 Å². The van der Waals surface area contributed by atoms with Gasteiger partial charge in [0.15, 0.2) is 12.4 Å². The van der Waals surface area contributed by atoms with Crippen LogP contribution in [0.4, 0.5) is 5.69 Å². The summed E-state index contributed by atoms with van der Waals surface area (Å²) in [6.07, 6.45) is 9.05. The van der Waals surface area contributed by atoms with Crippen LogP contribution in [0.2, 0.25) is 0 Å². The van der Waals surface area contributed by atoms with Gasteiger partial charge in [-0.1, -0.05) is 32.0 Å². The van der Waals surface area contributed by atoms with Gasteiger partial charge in [0, 0.05) is 35.7 Å². The standard InChI is InChI=1S/C22H25N3O.HI/c1-4-24-14-7-8-17(16-24)11-13-22-21(2,3)18-9-5-6-10-19(18)25(22)15-12-20(26)23-22;/h5-11,13-14,16H,4,12,15H2,1-3H3;1H. The number of aryl methyl sites for hydroxylation is 1. The van der Waals surface area contributed by atoms with E-state index in [1.165, 1.54) is 11.3 Å². The fourth-order valence-electron chi connectivity index (χ4n) is 4.37. The number of carbonyl (C=O) groups is 1. The van der Waals surface area contributed by atoms with E-state index in [0.29, 0.717) is 6.42 Å². The average molecular weight is 475 g/mol. The van der Waals surface area contributed by atoms with Gasteiger partial charge in [-0.15, -0.1) is 0 Å². The largest absolute Gasteiger partial charge is 1.00 e. The van der Waals surface area contributed by atoms with Crippen molar-refractivity contribution in [3.05, 3.63) is 66.0 Å². The predicted octanol–water partition coefficient (Wildman–Crippen LogP) is 0.0252. The molecule has 0 bridgehead atoms. The molecule has 0 spiro atoms. The number of hydrogen-bond donors (Lipinski definition) is 1. The third-order valence-corrected chi connectivity index (χ3v) is 5.90. The van der Waals surface area contributed by atoms with Crippen LogP contribution in [0.25, 0.3) is 6.08 Å². The molecule has 0 aliphatic carbocycles. The number of anilines is 1. The van der Waals surface area contributed by atoms with Crippen molar-refractivity contribution in [2.75, 3.05) is 11.4 Å². The molecule has 27 heavy (non-hydrogen) atoms. The highest BCUT2D eigenvalue weighted by Crippen LogP contribution is 2.52. The lowest BCUT2D eigenvalue weighted by Gasteiger charge is -2.49. The molecule has 1 unspecified atom stereocenters. The van der Waals surface area contributed by atoms with Gasteiger partial charge >= 0.3 is 0 Å². The minimum atomic E-state index is -0.543. The Morgan fingerprint density at radius 1 is 1.22 bits per heavy atom. The summed E-state index contributed by atoms with van der Waals surface area (Å²) in [4.78, 5) is 14.7. The number of nitrogens with zero attached hydrogens (tertiary/aromatic N) is 2. The number of carbonyl (C=O) groups excluding carboxylic acids is 1. The van der Waals surface area contributed by atoms with E-state index < -0.39 is 5.66 Å². The molecule has 1 saturated heterocycles. The number of rotatable bonds is 3. The first kappa shape index (κ1) is 19.9. The van der Waals surface area contributed by atoms with Gasteiger partial charge in [-0.3, -0.25) is 4.79 Å². The third-order valence-electron chi connectivity index (χ3n) is 5.90. The second-order valence-electron chi connectivity index (χ2n) is 7.66. The smallest absolute Gasteiger partial charge is 0.223 e. The Kier molecular flexibility index (Phi) is 5.34. The summed E-state index contributed by atoms with van der Waals surface area (Å²) < 4.78 is 2.16. The maximum atomic E-state index is 12.4. The highest BCUT2D eigenvalue weighted by molar-refractivity contribution is 5.84. The monoisotopic (exact) mass is 475 g/mol. The molecular weight excluding hydrogens is 449 g/mol. The van der Waals surface area contributed by atoms with E-state index in [4.69, 9.17) is 0 Å². The van der Waals surface area contributed by atoms with Gasteiger partial charge < -0.3 is 34.2 Å². The Morgan fingerprint density at radius 2 is 2.00 bits per heavy atom. The minimum absolute atomic E-state index is 0. The van der Waals surface area contributed by atoms with Crippen molar-refractivity contribution >= 4 is 17.7 Å². The van der Waals surface area contributed by atoms with Crippen LogP contribution in [0.1, 0.15) is 38.3 Å².